The molecule has 1 aliphatic heterocycles. The first-order valence-corrected chi connectivity index (χ1v) is 8.06. The lowest BCUT2D eigenvalue weighted by molar-refractivity contribution is 0.0572. The first-order valence-electron chi connectivity index (χ1n) is 7.18. The number of aryl methyl sites for hydroxylation is 1. The molecule has 1 N–H and O–H groups in total. The molecule has 1 amide bonds. The quantitative estimate of drug-likeness (QED) is 0.947. The van der Waals surface area contributed by atoms with Crippen LogP contribution in [0.25, 0.3) is 0 Å². The SMILES string of the molecule is CCc1ncsc1C(=O)N1CCc2ccccc2[C@H]1CO. The largest absolute Gasteiger partial charge is 0.394 e. The summed E-state index contributed by atoms with van der Waals surface area (Å²) in [5.41, 5.74) is 4.85. The molecule has 4 nitrogen and oxygen atoms in total. The second kappa shape index (κ2) is 5.95. The van der Waals surface area contributed by atoms with E-state index in [9.17, 15) is 9.90 Å². The van der Waals surface area contributed by atoms with Crippen LogP contribution in [-0.4, -0.2) is 34.0 Å². The normalized spacial score (nSPS) is 17.6. The van der Waals surface area contributed by atoms with Gasteiger partial charge in [-0.2, -0.15) is 0 Å². The van der Waals surface area contributed by atoms with Crippen LogP contribution in [0.5, 0.6) is 0 Å². The number of fused-ring (bicyclic) bond motifs is 1. The fraction of sp³-hybridized carbons (Fsp3) is 0.375. The van der Waals surface area contributed by atoms with Crippen LogP contribution in [0.2, 0.25) is 0 Å². The summed E-state index contributed by atoms with van der Waals surface area (Å²) >= 11 is 1.39. The molecule has 2 aromatic rings. The summed E-state index contributed by atoms with van der Waals surface area (Å²) in [7, 11) is 0. The Bertz CT molecular complexity index is 653. The first kappa shape index (κ1) is 14.2. The second-order valence-corrected chi connectivity index (χ2v) is 5.98. The molecule has 5 heteroatoms. The zero-order valence-electron chi connectivity index (χ0n) is 12.0. The van der Waals surface area contributed by atoms with Gasteiger partial charge in [-0.05, 0) is 24.0 Å². The molecule has 0 saturated heterocycles. The average Bonchev–Trinajstić information content (AvgIpc) is 3.01. The minimum atomic E-state index is -0.255. The van der Waals surface area contributed by atoms with Gasteiger partial charge in [0.2, 0.25) is 0 Å². The van der Waals surface area contributed by atoms with Crippen LogP contribution in [0, 0.1) is 0 Å². The van der Waals surface area contributed by atoms with Crippen molar-refractivity contribution < 1.29 is 9.90 Å². The number of hydrogen-bond acceptors (Lipinski definition) is 4. The predicted octanol–water partition coefficient (Wildman–Crippen LogP) is 2.44. The van der Waals surface area contributed by atoms with E-state index in [1.807, 2.05) is 25.1 Å². The molecule has 1 atom stereocenters. The highest BCUT2D eigenvalue weighted by Gasteiger charge is 2.32. The molecular weight excluding hydrogens is 284 g/mol. The molecule has 3 rings (SSSR count). The van der Waals surface area contributed by atoms with Gasteiger partial charge in [0.25, 0.3) is 5.91 Å². The van der Waals surface area contributed by atoms with E-state index in [4.69, 9.17) is 0 Å². The standard InChI is InChI=1S/C16H18N2O2S/c1-2-13-15(21-10-17-13)16(20)18-8-7-11-5-3-4-6-12(11)14(18)9-19/h3-6,10,14,19H,2,7-9H2,1H3/t14-/m1/s1. The maximum atomic E-state index is 12.8. The smallest absolute Gasteiger partial charge is 0.266 e. The Morgan fingerprint density at radius 1 is 1.48 bits per heavy atom. The number of rotatable bonds is 3. The number of aliphatic hydroxyl groups excluding tert-OH is 1. The highest BCUT2D eigenvalue weighted by atomic mass is 32.1. The highest BCUT2D eigenvalue weighted by molar-refractivity contribution is 7.11. The summed E-state index contributed by atoms with van der Waals surface area (Å²) in [6.45, 7) is 2.59. The van der Waals surface area contributed by atoms with Gasteiger partial charge in [0.1, 0.15) is 4.88 Å². The minimum absolute atomic E-state index is 0.0112. The van der Waals surface area contributed by atoms with Gasteiger partial charge in [-0.1, -0.05) is 31.2 Å². The monoisotopic (exact) mass is 302 g/mol. The van der Waals surface area contributed by atoms with Crippen molar-refractivity contribution in [3.8, 4) is 0 Å². The number of nitrogens with zero attached hydrogens (tertiary/aromatic N) is 2. The van der Waals surface area contributed by atoms with Crippen LogP contribution in [0.3, 0.4) is 0 Å². The van der Waals surface area contributed by atoms with Crippen LogP contribution in [-0.2, 0) is 12.8 Å². The van der Waals surface area contributed by atoms with Gasteiger partial charge in [0.15, 0.2) is 0 Å². The van der Waals surface area contributed by atoms with Crippen molar-refractivity contribution in [2.45, 2.75) is 25.8 Å². The Morgan fingerprint density at radius 2 is 2.29 bits per heavy atom. The number of amides is 1. The van der Waals surface area contributed by atoms with Crippen LogP contribution in [0.1, 0.15) is 39.5 Å². The molecule has 0 radical (unpaired) electrons. The van der Waals surface area contributed by atoms with Gasteiger partial charge in [-0.25, -0.2) is 4.98 Å². The topological polar surface area (TPSA) is 53.4 Å². The van der Waals surface area contributed by atoms with Crippen molar-refractivity contribution in [2.75, 3.05) is 13.2 Å². The van der Waals surface area contributed by atoms with Gasteiger partial charge in [-0.3, -0.25) is 4.79 Å². The predicted molar refractivity (Wildman–Crippen MR) is 82.5 cm³/mol. The number of benzene rings is 1. The van der Waals surface area contributed by atoms with Crippen molar-refractivity contribution in [2.24, 2.45) is 0 Å². The van der Waals surface area contributed by atoms with E-state index in [1.165, 1.54) is 16.9 Å². The minimum Gasteiger partial charge on any atom is -0.394 e. The maximum Gasteiger partial charge on any atom is 0.266 e. The molecule has 0 aliphatic carbocycles. The molecule has 1 aliphatic rings. The Kier molecular flexibility index (Phi) is 4.03. The molecule has 2 heterocycles. The molecule has 0 bridgehead atoms. The van der Waals surface area contributed by atoms with E-state index in [1.54, 1.807) is 10.4 Å². The molecule has 110 valence electrons. The molecule has 0 unspecified atom stereocenters. The molecule has 1 aromatic carbocycles. The van der Waals surface area contributed by atoms with Crippen molar-refractivity contribution >= 4 is 17.2 Å². The van der Waals surface area contributed by atoms with Crippen LogP contribution >= 0.6 is 11.3 Å². The Balaban J connectivity index is 1.94. The lowest BCUT2D eigenvalue weighted by Crippen LogP contribution is -2.41. The summed E-state index contributed by atoms with van der Waals surface area (Å²) in [5, 5.41) is 9.78. The van der Waals surface area contributed by atoms with E-state index in [0.29, 0.717) is 11.4 Å². The third-order valence-electron chi connectivity index (χ3n) is 4.02. The lowest BCUT2D eigenvalue weighted by Gasteiger charge is -2.36. The third-order valence-corrected chi connectivity index (χ3v) is 4.87. The van der Waals surface area contributed by atoms with Gasteiger partial charge in [-0.15, -0.1) is 11.3 Å². The molecule has 1 aromatic heterocycles. The maximum absolute atomic E-state index is 12.8. The first-order chi connectivity index (χ1) is 10.3. The van der Waals surface area contributed by atoms with E-state index in [-0.39, 0.29) is 18.6 Å². The van der Waals surface area contributed by atoms with Crippen molar-refractivity contribution in [1.82, 2.24) is 9.88 Å². The van der Waals surface area contributed by atoms with Crippen LogP contribution in [0.4, 0.5) is 0 Å². The summed E-state index contributed by atoms with van der Waals surface area (Å²) in [4.78, 5) is 19.5. The summed E-state index contributed by atoms with van der Waals surface area (Å²) in [6.07, 6.45) is 1.58. The Hall–Kier alpha value is -1.72. The zero-order chi connectivity index (χ0) is 14.8. The lowest BCUT2D eigenvalue weighted by atomic mass is 9.93. The van der Waals surface area contributed by atoms with Crippen molar-refractivity contribution in [3.63, 3.8) is 0 Å². The van der Waals surface area contributed by atoms with E-state index >= 15 is 0 Å². The fourth-order valence-electron chi connectivity index (χ4n) is 2.92. The zero-order valence-corrected chi connectivity index (χ0v) is 12.8. The van der Waals surface area contributed by atoms with Crippen LogP contribution < -0.4 is 0 Å². The van der Waals surface area contributed by atoms with Crippen molar-refractivity contribution in [3.05, 3.63) is 51.5 Å². The molecule has 21 heavy (non-hydrogen) atoms. The molecule has 0 fully saturated rings. The summed E-state index contributed by atoms with van der Waals surface area (Å²) < 4.78 is 0. The Morgan fingerprint density at radius 3 is 3.05 bits per heavy atom. The van der Waals surface area contributed by atoms with Crippen molar-refractivity contribution in [1.29, 1.82) is 0 Å². The summed E-state index contributed by atoms with van der Waals surface area (Å²) in [6, 6.07) is 7.78. The molecule has 0 spiro atoms. The average molecular weight is 302 g/mol. The number of carbonyl (C=O) groups is 1. The molecular formula is C16H18N2O2S. The summed E-state index contributed by atoms with van der Waals surface area (Å²) in [5.74, 6) is -0.0112. The number of aromatic nitrogens is 1. The van der Waals surface area contributed by atoms with Gasteiger partial charge < -0.3 is 10.0 Å². The van der Waals surface area contributed by atoms with E-state index in [2.05, 4.69) is 11.1 Å². The second-order valence-electron chi connectivity index (χ2n) is 5.13. The third kappa shape index (κ3) is 2.47. The van der Waals surface area contributed by atoms with Gasteiger partial charge >= 0.3 is 0 Å². The number of carbonyl (C=O) groups excluding carboxylic acids is 1. The molecule has 0 saturated carbocycles. The number of thiazole rings is 1. The fourth-order valence-corrected chi connectivity index (χ4v) is 3.75. The number of hydrogen-bond donors (Lipinski definition) is 1. The van der Waals surface area contributed by atoms with Gasteiger partial charge in [0, 0.05) is 6.54 Å². The Labute approximate surface area is 128 Å². The van der Waals surface area contributed by atoms with E-state index in [0.717, 1.165) is 24.1 Å². The highest BCUT2D eigenvalue weighted by Crippen LogP contribution is 2.31. The van der Waals surface area contributed by atoms with Crippen LogP contribution in [0.15, 0.2) is 29.8 Å². The van der Waals surface area contributed by atoms with Gasteiger partial charge in [0.05, 0.1) is 23.9 Å². The van der Waals surface area contributed by atoms with E-state index < -0.39 is 0 Å². The number of aliphatic hydroxyl groups is 1.